The third-order valence-electron chi connectivity index (χ3n) is 6.63. The first-order chi connectivity index (χ1) is 14.5. The van der Waals surface area contributed by atoms with Crippen molar-refractivity contribution >= 4 is 11.5 Å². The van der Waals surface area contributed by atoms with E-state index in [9.17, 15) is 4.79 Å². The molecule has 4 rings (SSSR count). The number of fused-ring (bicyclic) bond motifs is 1. The minimum Gasteiger partial charge on any atom is -0.493 e. The van der Waals surface area contributed by atoms with Crippen LogP contribution in [0, 0.1) is 5.92 Å². The van der Waals surface area contributed by atoms with Gasteiger partial charge in [-0.3, -0.25) is 14.7 Å². The van der Waals surface area contributed by atoms with E-state index in [1.807, 2.05) is 6.20 Å². The number of rotatable bonds is 8. The molecule has 0 bridgehead atoms. The third-order valence-corrected chi connectivity index (χ3v) is 6.63. The first kappa shape index (κ1) is 20.9. The van der Waals surface area contributed by atoms with Crippen molar-refractivity contribution < 1.29 is 19.0 Å². The number of methoxy groups -OCH3 is 1. The predicted octanol–water partition coefficient (Wildman–Crippen LogP) is 4.34. The van der Waals surface area contributed by atoms with Gasteiger partial charge in [-0.15, -0.1) is 0 Å². The lowest BCUT2D eigenvalue weighted by Crippen LogP contribution is -2.34. The molecule has 1 saturated heterocycles. The Morgan fingerprint density at radius 3 is 2.90 bits per heavy atom. The summed E-state index contributed by atoms with van der Waals surface area (Å²) in [4.78, 5) is 18.9. The molecule has 0 aromatic heterocycles. The topological polar surface area (TPSA) is 60.4 Å². The first-order valence-electron chi connectivity index (χ1n) is 10.9. The second-order valence-corrected chi connectivity index (χ2v) is 8.67. The molecule has 3 heterocycles. The SMILES string of the molecule is CCC1C(C)=CN=C1CCC1CC(c2cc(OC)c3c(c2)OCO3)CN1CC(C)=O. The molecule has 1 fully saturated rings. The van der Waals surface area contributed by atoms with Crippen LogP contribution in [0.2, 0.25) is 0 Å². The van der Waals surface area contributed by atoms with E-state index < -0.39 is 0 Å². The van der Waals surface area contributed by atoms with E-state index in [-0.39, 0.29) is 12.6 Å². The molecule has 0 radical (unpaired) electrons. The van der Waals surface area contributed by atoms with E-state index in [1.165, 1.54) is 16.8 Å². The van der Waals surface area contributed by atoms with Gasteiger partial charge in [-0.25, -0.2) is 0 Å². The van der Waals surface area contributed by atoms with E-state index in [0.717, 1.165) is 38.0 Å². The summed E-state index contributed by atoms with van der Waals surface area (Å²) in [6.07, 6.45) is 6.16. The summed E-state index contributed by atoms with van der Waals surface area (Å²) in [5.74, 6) is 3.19. The second kappa shape index (κ2) is 8.80. The quantitative estimate of drug-likeness (QED) is 0.636. The van der Waals surface area contributed by atoms with E-state index in [4.69, 9.17) is 14.2 Å². The first-order valence-corrected chi connectivity index (χ1v) is 10.9. The van der Waals surface area contributed by atoms with Gasteiger partial charge in [0, 0.05) is 30.4 Å². The van der Waals surface area contributed by atoms with Crippen LogP contribution in [0.5, 0.6) is 17.2 Å². The van der Waals surface area contributed by atoms with Gasteiger partial charge >= 0.3 is 0 Å². The molecule has 0 saturated carbocycles. The van der Waals surface area contributed by atoms with Crippen LogP contribution in [0.25, 0.3) is 0 Å². The standard InChI is InChI=1S/C24H32N2O4/c1-5-20-15(2)11-25-21(20)7-6-19-8-18(13-26(19)12-16(3)27)17-9-22(28-4)24-23(10-17)29-14-30-24/h9-11,18-20H,5-8,12-14H2,1-4H3. The fourth-order valence-corrected chi connectivity index (χ4v) is 5.13. The number of ether oxygens (including phenoxy) is 3. The molecule has 6 heteroatoms. The molecule has 0 spiro atoms. The van der Waals surface area contributed by atoms with Crippen molar-refractivity contribution in [2.45, 2.75) is 58.4 Å². The highest BCUT2D eigenvalue weighted by atomic mass is 16.7. The van der Waals surface area contributed by atoms with Crippen molar-refractivity contribution in [2.75, 3.05) is 27.0 Å². The molecule has 162 valence electrons. The number of likely N-dealkylation sites (tertiary alicyclic amines) is 1. The molecule has 0 amide bonds. The highest BCUT2D eigenvalue weighted by Crippen LogP contribution is 2.45. The number of benzene rings is 1. The zero-order chi connectivity index (χ0) is 21.3. The zero-order valence-corrected chi connectivity index (χ0v) is 18.4. The molecule has 3 atom stereocenters. The Bertz CT molecular complexity index is 876. The average Bonchev–Trinajstić information content (AvgIpc) is 3.43. The number of Topliss-reactive ketones (excluding diaryl/α,β-unsaturated/α-hetero) is 1. The van der Waals surface area contributed by atoms with Crippen LogP contribution in [0.15, 0.2) is 28.9 Å². The van der Waals surface area contributed by atoms with Gasteiger partial charge in [0.15, 0.2) is 11.5 Å². The van der Waals surface area contributed by atoms with E-state index in [2.05, 4.69) is 35.9 Å². The van der Waals surface area contributed by atoms with Gasteiger partial charge in [0.25, 0.3) is 0 Å². The van der Waals surface area contributed by atoms with E-state index >= 15 is 0 Å². The van der Waals surface area contributed by atoms with Crippen molar-refractivity contribution in [3.8, 4) is 17.2 Å². The lowest BCUT2D eigenvalue weighted by atomic mass is 9.89. The summed E-state index contributed by atoms with van der Waals surface area (Å²) in [5, 5.41) is 0. The van der Waals surface area contributed by atoms with Crippen LogP contribution < -0.4 is 14.2 Å². The molecule has 0 aliphatic carbocycles. The van der Waals surface area contributed by atoms with Gasteiger partial charge in [-0.1, -0.05) is 6.92 Å². The molecule has 6 nitrogen and oxygen atoms in total. The van der Waals surface area contributed by atoms with E-state index in [0.29, 0.717) is 35.9 Å². The number of ketones is 1. The Labute approximate surface area is 178 Å². The Morgan fingerprint density at radius 1 is 1.33 bits per heavy atom. The smallest absolute Gasteiger partial charge is 0.231 e. The van der Waals surface area contributed by atoms with Crippen molar-refractivity contribution in [3.63, 3.8) is 0 Å². The highest BCUT2D eigenvalue weighted by Gasteiger charge is 2.35. The number of carbonyl (C=O) groups excluding carboxylic acids is 1. The molecule has 30 heavy (non-hydrogen) atoms. The Balaban J connectivity index is 1.49. The Kier molecular flexibility index (Phi) is 6.14. The average molecular weight is 413 g/mol. The fraction of sp³-hybridized carbons (Fsp3) is 0.583. The Morgan fingerprint density at radius 2 is 2.17 bits per heavy atom. The van der Waals surface area contributed by atoms with Gasteiger partial charge in [0.2, 0.25) is 12.5 Å². The number of hydrogen-bond donors (Lipinski definition) is 0. The van der Waals surface area contributed by atoms with Gasteiger partial charge in [0.1, 0.15) is 5.78 Å². The maximum atomic E-state index is 11.9. The maximum absolute atomic E-state index is 11.9. The predicted molar refractivity (Wildman–Crippen MR) is 117 cm³/mol. The van der Waals surface area contributed by atoms with Gasteiger partial charge < -0.3 is 14.2 Å². The van der Waals surface area contributed by atoms with Crippen LogP contribution >= 0.6 is 0 Å². The lowest BCUT2D eigenvalue weighted by molar-refractivity contribution is -0.118. The van der Waals surface area contributed by atoms with Crippen LogP contribution in [0.1, 0.15) is 57.9 Å². The summed E-state index contributed by atoms with van der Waals surface area (Å²) < 4.78 is 16.7. The van der Waals surface area contributed by atoms with Crippen molar-refractivity contribution in [1.82, 2.24) is 4.90 Å². The van der Waals surface area contributed by atoms with Crippen molar-refractivity contribution in [1.29, 1.82) is 0 Å². The summed E-state index contributed by atoms with van der Waals surface area (Å²) in [7, 11) is 1.66. The number of nitrogens with zero attached hydrogens (tertiary/aromatic N) is 2. The van der Waals surface area contributed by atoms with Crippen LogP contribution in [0.4, 0.5) is 0 Å². The maximum Gasteiger partial charge on any atom is 0.231 e. The summed E-state index contributed by atoms with van der Waals surface area (Å²) >= 11 is 0. The monoisotopic (exact) mass is 412 g/mol. The van der Waals surface area contributed by atoms with Gasteiger partial charge in [-0.05, 0) is 68.7 Å². The molecular formula is C24H32N2O4. The number of hydrogen-bond acceptors (Lipinski definition) is 6. The molecule has 0 N–H and O–H groups in total. The van der Waals surface area contributed by atoms with Crippen molar-refractivity contribution in [2.24, 2.45) is 10.9 Å². The molecule has 3 unspecified atom stereocenters. The summed E-state index contributed by atoms with van der Waals surface area (Å²) in [6, 6.07) is 4.51. The molecule has 1 aromatic carbocycles. The zero-order valence-electron chi connectivity index (χ0n) is 18.4. The molecule has 3 aliphatic rings. The lowest BCUT2D eigenvalue weighted by Gasteiger charge is -2.24. The summed E-state index contributed by atoms with van der Waals surface area (Å²) in [6.45, 7) is 7.68. The third kappa shape index (κ3) is 4.10. The Hall–Kier alpha value is -2.34. The highest BCUT2D eigenvalue weighted by molar-refractivity contribution is 5.91. The minimum absolute atomic E-state index is 0.214. The van der Waals surface area contributed by atoms with Gasteiger partial charge in [0.05, 0.1) is 13.7 Å². The number of allylic oxidation sites excluding steroid dienone is 1. The van der Waals surface area contributed by atoms with Gasteiger partial charge in [-0.2, -0.15) is 0 Å². The fourth-order valence-electron chi connectivity index (χ4n) is 5.13. The van der Waals surface area contributed by atoms with E-state index in [1.54, 1.807) is 14.0 Å². The normalized spacial score (nSPS) is 25.4. The number of carbonyl (C=O) groups is 1. The molecule has 1 aromatic rings. The van der Waals surface area contributed by atoms with Crippen LogP contribution in [0.3, 0.4) is 0 Å². The van der Waals surface area contributed by atoms with Crippen molar-refractivity contribution in [3.05, 3.63) is 29.5 Å². The molecular weight excluding hydrogens is 380 g/mol. The summed E-state index contributed by atoms with van der Waals surface area (Å²) in [5.41, 5.74) is 3.85. The van der Waals surface area contributed by atoms with Crippen LogP contribution in [-0.2, 0) is 4.79 Å². The second-order valence-electron chi connectivity index (χ2n) is 8.67. The largest absolute Gasteiger partial charge is 0.493 e. The minimum atomic E-state index is 0.214. The number of aliphatic imine (C=N–C) groups is 1. The van der Waals surface area contributed by atoms with Crippen LogP contribution in [-0.4, -0.2) is 49.4 Å². The molecule has 3 aliphatic heterocycles.